The Labute approximate surface area is 85.3 Å². The Balaban J connectivity index is 2.14. The highest BCUT2D eigenvalue weighted by Gasteiger charge is 2.19. The van der Waals surface area contributed by atoms with Crippen LogP contribution in [0, 0.1) is 0 Å². The van der Waals surface area contributed by atoms with E-state index in [4.69, 9.17) is 5.11 Å². The maximum Gasteiger partial charge on any atom is 0.317 e. The van der Waals surface area contributed by atoms with Gasteiger partial charge in [-0.3, -0.25) is 9.69 Å². The van der Waals surface area contributed by atoms with Crippen molar-refractivity contribution < 1.29 is 9.90 Å². The summed E-state index contributed by atoms with van der Waals surface area (Å²) in [6, 6.07) is 0.597. The van der Waals surface area contributed by atoms with Crippen molar-refractivity contribution in [2.24, 2.45) is 0 Å². The highest BCUT2D eigenvalue weighted by molar-refractivity contribution is 5.69. The van der Waals surface area contributed by atoms with Gasteiger partial charge in [0.25, 0.3) is 0 Å². The summed E-state index contributed by atoms with van der Waals surface area (Å²) in [6.07, 6.45) is 3.32. The van der Waals surface area contributed by atoms with E-state index in [9.17, 15) is 4.79 Å². The van der Waals surface area contributed by atoms with Gasteiger partial charge in [0.2, 0.25) is 0 Å². The van der Waals surface area contributed by atoms with E-state index in [0.29, 0.717) is 6.04 Å². The van der Waals surface area contributed by atoms with Crippen LogP contribution in [0.25, 0.3) is 0 Å². The first-order chi connectivity index (χ1) is 6.72. The third-order valence-corrected chi connectivity index (χ3v) is 2.63. The Morgan fingerprint density at radius 3 is 2.64 bits per heavy atom. The molecule has 1 aliphatic heterocycles. The molecule has 0 spiro atoms. The molecule has 1 aliphatic rings. The Morgan fingerprint density at radius 2 is 2.14 bits per heavy atom. The van der Waals surface area contributed by atoms with Crippen LogP contribution < -0.4 is 5.32 Å². The summed E-state index contributed by atoms with van der Waals surface area (Å²) >= 11 is 0. The van der Waals surface area contributed by atoms with Crippen LogP contribution in [-0.2, 0) is 4.79 Å². The fourth-order valence-electron chi connectivity index (χ4n) is 1.83. The van der Waals surface area contributed by atoms with E-state index in [1.807, 2.05) is 4.90 Å². The van der Waals surface area contributed by atoms with E-state index < -0.39 is 5.97 Å². The van der Waals surface area contributed by atoms with E-state index in [-0.39, 0.29) is 6.54 Å². The number of likely N-dealkylation sites (tertiary alicyclic amines) is 1. The van der Waals surface area contributed by atoms with Crippen molar-refractivity contribution in [2.45, 2.75) is 32.2 Å². The maximum absolute atomic E-state index is 10.5. The summed E-state index contributed by atoms with van der Waals surface area (Å²) in [7, 11) is 0. The number of aliphatic carboxylic acids is 1. The van der Waals surface area contributed by atoms with Crippen LogP contribution in [0.1, 0.15) is 26.2 Å². The normalized spacial score (nSPS) is 19.8. The van der Waals surface area contributed by atoms with Gasteiger partial charge in [-0.15, -0.1) is 0 Å². The predicted molar refractivity (Wildman–Crippen MR) is 55.4 cm³/mol. The van der Waals surface area contributed by atoms with Crippen molar-refractivity contribution in [1.29, 1.82) is 0 Å². The number of hydrogen-bond donors (Lipinski definition) is 2. The smallest absolute Gasteiger partial charge is 0.317 e. The summed E-state index contributed by atoms with van der Waals surface area (Å²) in [6.45, 7) is 5.25. The van der Waals surface area contributed by atoms with Gasteiger partial charge < -0.3 is 10.4 Å². The van der Waals surface area contributed by atoms with Gasteiger partial charge in [0.1, 0.15) is 0 Å². The monoisotopic (exact) mass is 200 g/mol. The van der Waals surface area contributed by atoms with Crippen LogP contribution in [0.15, 0.2) is 0 Å². The summed E-state index contributed by atoms with van der Waals surface area (Å²) in [5.41, 5.74) is 0. The lowest BCUT2D eigenvalue weighted by Gasteiger charge is -2.31. The number of rotatable bonds is 5. The molecule has 1 saturated heterocycles. The average molecular weight is 200 g/mol. The van der Waals surface area contributed by atoms with Gasteiger partial charge >= 0.3 is 5.97 Å². The number of hydrogen-bond acceptors (Lipinski definition) is 3. The minimum atomic E-state index is -0.718. The number of carboxylic acid groups (broad SMARTS) is 1. The van der Waals surface area contributed by atoms with Crippen LogP contribution in [0.4, 0.5) is 0 Å². The zero-order valence-electron chi connectivity index (χ0n) is 8.83. The fourth-order valence-corrected chi connectivity index (χ4v) is 1.83. The zero-order valence-corrected chi connectivity index (χ0v) is 8.83. The van der Waals surface area contributed by atoms with E-state index in [2.05, 4.69) is 12.2 Å². The molecule has 82 valence electrons. The molecule has 0 radical (unpaired) electrons. The first-order valence-corrected chi connectivity index (χ1v) is 5.40. The SMILES string of the molecule is CCCNC1CCN(CC(=O)O)CC1. The third kappa shape index (κ3) is 4.07. The predicted octanol–water partition coefficient (Wildman–Crippen LogP) is 0.535. The summed E-state index contributed by atoms with van der Waals surface area (Å²) in [4.78, 5) is 12.5. The molecule has 4 nitrogen and oxygen atoms in total. The number of piperidine rings is 1. The van der Waals surface area contributed by atoms with Crippen LogP contribution >= 0.6 is 0 Å². The topological polar surface area (TPSA) is 52.6 Å². The molecule has 0 aromatic rings. The molecule has 0 atom stereocenters. The lowest BCUT2D eigenvalue weighted by atomic mass is 10.1. The number of nitrogens with one attached hydrogen (secondary N) is 1. The Hall–Kier alpha value is -0.610. The lowest BCUT2D eigenvalue weighted by molar-refractivity contribution is -0.138. The molecule has 0 aromatic carbocycles. The number of carbonyl (C=O) groups is 1. The van der Waals surface area contributed by atoms with Crippen molar-refractivity contribution in [3.8, 4) is 0 Å². The summed E-state index contributed by atoms with van der Waals surface area (Å²) < 4.78 is 0. The molecule has 4 heteroatoms. The van der Waals surface area contributed by atoms with Gasteiger partial charge in [0.05, 0.1) is 6.54 Å². The quantitative estimate of drug-likeness (QED) is 0.680. The maximum atomic E-state index is 10.5. The van der Waals surface area contributed by atoms with Gasteiger partial charge in [-0.2, -0.15) is 0 Å². The molecule has 0 aliphatic carbocycles. The van der Waals surface area contributed by atoms with Gasteiger partial charge in [0, 0.05) is 19.1 Å². The molecule has 14 heavy (non-hydrogen) atoms. The molecular weight excluding hydrogens is 180 g/mol. The van der Waals surface area contributed by atoms with Gasteiger partial charge in [-0.05, 0) is 25.8 Å². The van der Waals surface area contributed by atoms with Gasteiger partial charge in [-0.1, -0.05) is 6.92 Å². The van der Waals surface area contributed by atoms with Crippen LogP contribution in [0.3, 0.4) is 0 Å². The molecule has 1 heterocycles. The van der Waals surface area contributed by atoms with Gasteiger partial charge in [-0.25, -0.2) is 0 Å². The van der Waals surface area contributed by atoms with E-state index in [1.54, 1.807) is 0 Å². The molecule has 0 saturated carbocycles. The van der Waals surface area contributed by atoms with E-state index in [0.717, 1.165) is 38.9 Å². The summed E-state index contributed by atoms with van der Waals surface area (Å²) in [5, 5.41) is 12.1. The highest BCUT2D eigenvalue weighted by Crippen LogP contribution is 2.09. The molecule has 1 rings (SSSR count). The van der Waals surface area contributed by atoms with Crippen molar-refractivity contribution in [2.75, 3.05) is 26.2 Å². The molecular formula is C10H20N2O2. The highest BCUT2D eigenvalue weighted by atomic mass is 16.4. The third-order valence-electron chi connectivity index (χ3n) is 2.63. The Morgan fingerprint density at radius 1 is 1.50 bits per heavy atom. The van der Waals surface area contributed by atoms with Gasteiger partial charge in [0.15, 0.2) is 0 Å². The zero-order chi connectivity index (χ0) is 10.4. The van der Waals surface area contributed by atoms with Crippen LogP contribution in [-0.4, -0.2) is 48.2 Å². The second kappa shape index (κ2) is 5.98. The van der Waals surface area contributed by atoms with Crippen molar-refractivity contribution in [1.82, 2.24) is 10.2 Å². The molecule has 0 unspecified atom stereocenters. The molecule has 1 fully saturated rings. The molecule has 2 N–H and O–H groups in total. The Bertz CT molecular complexity index is 177. The fraction of sp³-hybridized carbons (Fsp3) is 0.900. The summed E-state index contributed by atoms with van der Waals surface area (Å²) in [5.74, 6) is -0.718. The van der Waals surface area contributed by atoms with Crippen LogP contribution in [0.2, 0.25) is 0 Å². The first kappa shape index (κ1) is 11.5. The van der Waals surface area contributed by atoms with Crippen molar-refractivity contribution >= 4 is 5.97 Å². The number of carboxylic acids is 1. The van der Waals surface area contributed by atoms with Crippen molar-refractivity contribution in [3.05, 3.63) is 0 Å². The Kier molecular flexibility index (Phi) is 4.90. The lowest BCUT2D eigenvalue weighted by Crippen LogP contribution is -2.44. The first-order valence-electron chi connectivity index (χ1n) is 5.40. The minimum Gasteiger partial charge on any atom is -0.480 e. The molecule has 0 bridgehead atoms. The van der Waals surface area contributed by atoms with Crippen LogP contribution in [0.5, 0.6) is 0 Å². The molecule has 0 aromatic heterocycles. The minimum absolute atomic E-state index is 0.195. The standard InChI is InChI=1S/C10H20N2O2/c1-2-5-11-9-3-6-12(7-4-9)8-10(13)14/h9,11H,2-8H2,1H3,(H,13,14). The second-order valence-electron chi connectivity index (χ2n) is 3.90. The largest absolute Gasteiger partial charge is 0.480 e. The second-order valence-corrected chi connectivity index (χ2v) is 3.90. The number of nitrogens with zero attached hydrogens (tertiary/aromatic N) is 1. The van der Waals surface area contributed by atoms with Crippen molar-refractivity contribution in [3.63, 3.8) is 0 Å². The van der Waals surface area contributed by atoms with E-state index in [1.165, 1.54) is 0 Å². The molecule has 0 amide bonds. The average Bonchev–Trinajstić information content (AvgIpc) is 2.16. The van der Waals surface area contributed by atoms with E-state index >= 15 is 0 Å².